The molecule has 17 heavy (non-hydrogen) atoms. The number of carbonyl (C=O) groups excluding carboxylic acids is 1. The maximum atomic E-state index is 12.0. The Hall–Kier alpha value is -0.220. The predicted octanol–water partition coefficient (Wildman–Crippen LogP) is 2.22. The van der Waals surface area contributed by atoms with Gasteiger partial charge in [0.2, 0.25) is 5.91 Å². The average molecular weight is 260 g/mol. The quantitative estimate of drug-likeness (QED) is 0.645. The molecule has 102 valence electrons. The molecule has 1 unspecified atom stereocenters. The molecule has 0 heterocycles. The Morgan fingerprint density at radius 2 is 2.00 bits per heavy atom. The van der Waals surface area contributed by atoms with Crippen molar-refractivity contribution < 1.29 is 4.79 Å². The minimum absolute atomic E-state index is 0.0170. The number of thioether (sulfide) groups is 1. The molecule has 0 aliphatic rings. The summed E-state index contributed by atoms with van der Waals surface area (Å²) in [6.45, 7) is 7.42. The third-order valence-electron chi connectivity index (χ3n) is 2.51. The van der Waals surface area contributed by atoms with Crippen LogP contribution < -0.4 is 5.32 Å². The number of carbonyl (C=O) groups is 1. The largest absolute Gasteiger partial charge is 0.347 e. The van der Waals surface area contributed by atoms with E-state index in [2.05, 4.69) is 26.1 Å². The van der Waals surface area contributed by atoms with Gasteiger partial charge in [-0.3, -0.25) is 4.79 Å². The van der Waals surface area contributed by atoms with Gasteiger partial charge in [0.15, 0.2) is 0 Å². The van der Waals surface area contributed by atoms with Gasteiger partial charge in [-0.1, -0.05) is 20.8 Å². The van der Waals surface area contributed by atoms with Crippen molar-refractivity contribution >= 4 is 17.7 Å². The zero-order chi connectivity index (χ0) is 13.3. The summed E-state index contributed by atoms with van der Waals surface area (Å²) in [5.74, 6) is 3.09. The molecule has 0 aliphatic carbocycles. The third kappa shape index (κ3) is 8.50. The summed E-state index contributed by atoms with van der Waals surface area (Å²) in [5, 5.41) is 3.39. The number of amides is 1. The van der Waals surface area contributed by atoms with E-state index in [1.165, 1.54) is 11.5 Å². The second-order valence-corrected chi connectivity index (χ2v) is 6.31. The van der Waals surface area contributed by atoms with Crippen molar-refractivity contribution in [2.45, 2.75) is 39.7 Å². The highest BCUT2D eigenvalue weighted by atomic mass is 32.2. The van der Waals surface area contributed by atoms with Gasteiger partial charge in [0.1, 0.15) is 0 Å². The molecule has 0 saturated heterocycles. The van der Waals surface area contributed by atoms with Crippen LogP contribution in [0.15, 0.2) is 0 Å². The molecule has 0 bridgehead atoms. The SMILES string of the molecule is CCSCCCNC(CC(C)C)C(=O)N(C)C. The number of nitrogens with one attached hydrogen (secondary N) is 1. The smallest absolute Gasteiger partial charge is 0.239 e. The Morgan fingerprint density at radius 1 is 1.35 bits per heavy atom. The van der Waals surface area contributed by atoms with Gasteiger partial charge in [-0.25, -0.2) is 0 Å². The number of hydrogen-bond acceptors (Lipinski definition) is 3. The lowest BCUT2D eigenvalue weighted by Crippen LogP contribution is -2.44. The van der Waals surface area contributed by atoms with Crippen molar-refractivity contribution in [3.8, 4) is 0 Å². The molecule has 1 amide bonds. The molecule has 0 radical (unpaired) electrons. The van der Waals surface area contributed by atoms with E-state index in [1.807, 2.05) is 25.9 Å². The van der Waals surface area contributed by atoms with Gasteiger partial charge in [0.25, 0.3) is 0 Å². The van der Waals surface area contributed by atoms with Gasteiger partial charge < -0.3 is 10.2 Å². The van der Waals surface area contributed by atoms with Gasteiger partial charge in [0, 0.05) is 14.1 Å². The minimum Gasteiger partial charge on any atom is -0.347 e. The van der Waals surface area contributed by atoms with E-state index in [-0.39, 0.29) is 11.9 Å². The summed E-state index contributed by atoms with van der Waals surface area (Å²) in [7, 11) is 3.65. The van der Waals surface area contributed by atoms with Crippen molar-refractivity contribution in [3.63, 3.8) is 0 Å². The molecule has 0 aliphatic heterocycles. The van der Waals surface area contributed by atoms with E-state index in [1.54, 1.807) is 4.90 Å². The zero-order valence-electron chi connectivity index (χ0n) is 12.0. The van der Waals surface area contributed by atoms with Crippen LogP contribution >= 0.6 is 11.8 Å². The lowest BCUT2D eigenvalue weighted by atomic mass is 10.0. The van der Waals surface area contributed by atoms with Crippen molar-refractivity contribution in [1.29, 1.82) is 0 Å². The summed E-state index contributed by atoms with van der Waals surface area (Å²) in [4.78, 5) is 13.6. The van der Waals surface area contributed by atoms with Crippen molar-refractivity contribution in [1.82, 2.24) is 10.2 Å². The molecule has 1 N–H and O–H groups in total. The molecule has 1 atom stereocenters. The molecule has 0 rings (SSSR count). The van der Waals surface area contributed by atoms with Gasteiger partial charge >= 0.3 is 0 Å². The van der Waals surface area contributed by atoms with Crippen LogP contribution in [0.3, 0.4) is 0 Å². The topological polar surface area (TPSA) is 32.3 Å². The number of nitrogens with zero attached hydrogens (tertiary/aromatic N) is 1. The first-order valence-electron chi connectivity index (χ1n) is 6.51. The van der Waals surface area contributed by atoms with Crippen LogP contribution in [0.2, 0.25) is 0 Å². The molecule has 3 nitrogen and oxygen atoms in total. The maximum absolute atomic E-state index is 12.0. The predicted molar refractivity (Wildman–Crippen MR) is 77.6 cm³/mol. The van der Waals surface area contributed by atoms with E-state index in [0.29, 0.717) is 5.92 Å². The molecular weight excluding hydrogens is 232 g/mol. The second kappa shape index (κ2) is 9.77. The third-order valence-corrected chi connectivity index (χ3v) is 3.49. The van der Waals surface area contributed by atoms with Crippen LogP contribution in [0.4, 0.5) is 0 Å². The Bertz CT molecular complexity index is 208. The molecule has 0 aromatic rings. The summed E-state index contributed by atoms with van der Waals surface area (Å²) in [5.41, 5.74) is 0. The van der Waals surface area contributed by atoms with Crippen LogP contribution in [0.1, 0.15) is 33.6 Å². The van der Waals surface area contributed by atoms with E-state index < -0.39 is 0 Å². The first-order chi connectivity index (χ1) is 7.99. The zero-order valence-corrected chi connectivity index (χ0v) is 12.8. The number of hydrogen-bond donors (Lipinski definition) is 1. The lowest BCUT2D eigenvalue weighted by molar-refractivity contribution is -0.131. The first-order valence-corrected chi connectivity index (χ1v) is 7.66. The van der Waals surface area contributed by atoms with Gasteiger partial charge in [-0.2, -0.15) is 11.8 Å². The number of rotatable bonds is 9. The fraction of sp³-hybridized carbons (Fsp3) is 0.923. The minimum atomic E-state index is -0.0170. The second-order valence-electron chi connectivity index (χ2n) is 4.92. The van der Waals surface area contributed by atoms with E-state index >= 15 is 0 Å². The van der Waals surface area contributed by atoms with Crippen molar-refractivity contribution in [2.75, 3.05) is 32.1 Å². The molecule has 0 spiro atoms. The van der Waals surface area contributed by atoms with Gasteiger partial charge in [0.05, 0.1) is 6.04 Å². The lowest BCUT2D eigenvalue weighted by Gasteiger charge is -2.23. The Kier molecular flexibility index (Phi) is 9.65. The molecule has 0 aromatic heterocycles. The number of likely N-dealkylation sites (N-methyl/N-ethyl adjacent to an activating group) is 1. The van der Waals surface area contributed by atoms with Crippen LogP contribution in [0.5, 0.6) is 0 Å². The fourth-order valence-corrected chi connectivity index (χ4v) is 2.29. The van der Waals surface area contributed by atoms with Crippen LogP contribution in [-0.2, 0) is 4.79 Å². The average Bonchev–Trinajstić information content (AvgIpc) is 2.25. The molecular formula is C13H28N2OS. The van der Waals surface area contributed by atoms with Gasteiger partial charge in [-0.15, -0.1) is 0 Å². The Labute approximate surface area is 111 Å². The highest BCUT2D eigenvalue weighted by Crippen LogP contribution is 2.07. The summed E-state index contributed by atoms with van der Waals surface area (Å²) in [6, 6.07) is -0.0170. The maximum Gasteiger partial charge on any atom is 0.239 e. The highest BCUT2D eigenvalue weighted by Gasteiger charge is 2.20. The molecule has 0 fully saturated rings. The first kappa shape index (κ1) is 16.8. The highest BCUT2D eigenvalue weighted by molar-refractivity contribution is 7.99. The molecule has 4 heteroatoms. The molecule has 0 saturated carbocycles. The summed E-state index contributed by atoms with van der Waals surface area (Å²) >= 11 is 1.95. The fourth-order valence-electron chi connectivity index (χ4n) is 1.65. The van der Waals surface area contributed by atoms with Crippen LogP contribution in [0.25, 0.3) is 0 Å². The molecule has 0 aromatic carbocycles. The Balaban J connectivity index is 3.98. The van der Waals surface area contributed by atoms with Crippen LogP contribution in [0, 0.1) is 5.92 Å². The summed E-state index contributed by atoms with van der Waals surface area (Å²) in [6.07, 6.45) is 2.05. The van der Waals surface area contributed by atoms with Crippen LogP contribution in [-0.4, -0.2) is 49.0 Å². The van der Waals surface area contributed by atoms with E-state index in [4.69, 9.17) is 0 Å². The van der Waals surface area contributed by atoms with Gasteiger partial charge in [-0.05, 0) is 36.8 Å². The standard InChI is InChI=1S/C13H28N2OS/c1-6-17-9-7-8-14-12(10-11(2)3)13(16)15(4)5/h11-12,14H,6-10H2,1-5H3. The normalized spacial score (nSPS) is 12.8. The van der Waals surface area contributed by atoms with Crippen molar-refractivity contribution in [3.05, 3.63) is 0 Å². The monoisotopic (exact) mass is 260 g/mol. The van der Waals surface area contributed by atoms with Crippen molar-refractivity contribution in [2.24, 2.45) is 5.92 Å². The summed E-state index contributed by atoms with van der Waals surface area (Å²) < 4.78 is 0. The van der Waals surface area contributed by atoms with E-state index in [9.17, 15) is 4.79 Å². The Morgan fingerprint density at radius 3 is 2.47 bits per heavy atom. The van der Waals surface area contributed by atoms with E-state index in [0.717, 1.165) is 19.4 Å².